The summed E-state index contributed by atoms with van der Waals surface area (Å²) < 4.78 is 6.31. The number of benzene rings is 2. The van der Waals surface area contributed by atoms with E-state index in [0.717, 1.165) is 15.8 Å². The Morgan fingerprint density at radius 2 is 1.82 bits per heavy atom. The number of rotatable bonds is 3. The molecule has 0 heterocycles. The molecule has 0 aliphatic heterocycles. The number of terminal acetylenes is 1. The van der Waals surface area contributed by atoms with Crippen LogP contribution in [0.1, 0.15) is 0 Å². The lowest BCUT2D eigenvalue weighted by molar-refractivity contribution is 0.368. The molecule has 0 spiro atoms. The Morgan fingerprint density at radius 3 is 2.47 bits per heavy atom. The lowest BCUT2D eigenvalue weighted by atomic mass is 10.1. The highest BCUT2D eigenvalue weighted by Crippen LogP contribution is 2.30. The number of hydrogen-bond acceptors (Lipinski definition) is 1. The summed E-state index contributed by atoms with van der Waals surface area (Å²) in [6.45, 7) is 0.281. The lowest BCUT2D eigenvalue weighted by Gasteiger charge is -2.07. The fourth-order valence-electron chi connectivity index (χ4n) is 1.55. The highest BCUT2D eigenvalue weighted by molar-refractivity contribution is 9.10. The molecule has 2 rings (SSSR count). The molecule has 0 N–H and O–H groups in total. The van der Waals surface area contributed by atoms with E-state index in [1.54, 1.807) is 0 Å². The lowest BCUT2D eigenvalue weighted by Crippen LogP contribution is -1.94. The first-order valence-corrected chi connectivity index (χ1v) is 6.02. The van der Waals surface area contributed by atoms with Gasteiger partial charge in [0, 0.05) is 0 Å². The maximum atomic E-state index is 5.39. The summed E-state index contributed by atoms with van der Waals surface area (Å²) in [6.07, 6.45) is 5.16. The molecule has 2 heteroatoms. The maximum absolute atomic E-state index is 5.39. The van der Waals surface area contributed by atoms with Gasteiger partial charge in [-0.3, -0.25) is 0 Å². The largest absolute Gasteiger partial charge is 0.480 e. The van der Waals surface area contributed by atoms with Gasteiger partial charge in [0.05, 0.1) is 4.47 Å². The summed E-state index contributed by atoms with van der Waals surface area (Å²) in [5.74, 6) is 3.21. The number of hydrogen-bond donors (Lipinski definition) is 0. The molecule has 0 saturated carbocycles. The van der Waals surface area contributed by atoms with Crippen LogP contribution in [0.2, 0.25) is 0 Å². The quantitative estimate of drug-likeness (QED) is 0.771. The van der Waals surface area contributed by atoms with Gasteiger partial charge in [0.25, 0.3) is 0 Å². The predicted molar refractivity (Wildman–Crippen MR) is 73.9 cm³/mol. The van der Waals surface area contributed by atoms with Crippen molar-refractivity contribution in [2.24, 2.45) is 0 Å². The molecule has 84 valence electrons. The topological polar surface area (TPSA) is 9.23 Å². The van der Waals surface area contributed by atoms with Crippen LogP contribution >= 0.6 is 15.9 Å². The van der Waals surface area contributed by atoms with E-state index in [0.29, 0.717) is 0 Å². The Labute approximate surface area is 110 Å². The van der Waals surface area contributed by atoms with Crippen LogP contribution in [0.25, 0.3) is 11.1 Å². The van der Waals surface area contributed by atoms with Crippen LogP contribution in [0.4, 0.5) is 0 Å². The van der Waals surface area contributed by atoms with Gasteiger partial charge in [-0.05, 0) is 39.2 Å². The minimum atomic E-state index is 0.281. The molecule has 0 aliphatic rings. The fourth-order valence-corrected chi connectivity index (χ4v) is 2.04. The third-order valence-corrected chi connectivity index (χ3v) is 2.97. The zero-order chi connectivity index (χ0) is 12.1. The van der Waals surface area contributed by atoms with Gasteiger partial charge < -0.3 is 4.74 Å². The normalized spacial score (nSPS) is 9.65. The summed E-state index contributed by atoms with van der Waals surface area (Å²) in [5.41, 5.74) is 2.32. The SMILES string of the molecule is C#CCOc1ccc(-c2ccccc2)cc1Br. The third kappa shape index (κ3) is 2.89. The molecule has 2 aromatic rings. The van der Waals surface area contributed by atoms with Crippen molar-refractivity contribution in [2.75, 3.05) is 6.61 Å². The Morgan fingerprint density at radius 1 is 1.06 bits per heavy atom. The molecule has 0 aliphatic carbocycles. The van der Waals surface area contributed by atoms with Crippen molar-refractivity contribution in [1.29, 1.82) is 0 Å². The number of halogens is 1. The molecule has 17 heavy (non-hydrogen) atoms. The van der Waals surface area contributed by atoms with E-state index in [1.807, 2.05) is 36.4 Å². The van der Waals surface area contributed by atoms with Crippen LogP contribution < -0.4 is 4.74 Å². The Balaban J connectivity index is 2.29. The second-order valence-electron chi connectivity index (χ2n) is 3.50. The molecular weight excluding hydrogens is 276 g/mol. The highest BCUT2D eigenvalue weighted by Gasteiger charge is 2.03. The van der Waals surface area contributed by atoms with Crippen molar-refractivity contribution in [3.63, 3.8) is 0 Å². The van der Waals surface area contributed by atoms with Gasteiger partial charge in [-0.25, -0.2) is 0 Å². The van der Waals surface area contributed by atoms with Gasteiger partial charge in [-0.15, -0.1) is 6.42 Å². The van der Waals surface area contributed by atoms with Gasteiger partial charge >= 0.3 is 0 Å². The second-order valence-corrected chi connectivity index (χ2v) is 4.36. The minimum absolute atomic E-state index is 0.281. The van der Waals surface area contributed by atoms with Gasteiger partial charge in [-0.2, -0.15) is 0 Å². The molecule has 0 fully saturated rings. The maximum Gasteiger partial charge on any atom is 0.148 e. The molecule has 0 saturated heterocycles. The van der Waals surface area contributed by atoms with Crippen LogP contribution in [-0.4, -0.2) is 6.61 Å². The van der Waals surface area contributed by atoms with E-state index in [1.165, 1.54) is 5.56 Å². The second kappa shape index (κ2) is 5.56. The van der Waals surface area contributed by atoms with Crippen LogP contribution in [0.5, 0.6) is 5.75 Å². The zero-order valence-corrected chi connectivity index (χ0v) is 10.8. The average molecular weight is 287 g/mol. The average Bonchev–Trinajstić information content (AvgIpc) is 2.38. The molecule has 0 amide bonds. The molecule has 0 bridgehead atoms. The van der Waals surface area contributed by atoms with Gasteiger partial charge in [-0.1, -0.05) is 42.3 Å². The molecular formula is C15H11BrO. The van der Waals surface area contributed by atoms with E-state index in [-0.39, 0.29) is 6.61 Å². The van der Waals surface area contributed by atoms with Gasteiger partial charge in [0.2, 0.25) is 0 Å². The van der Waals surface area contributed by atoms with Crippen LogP contribution in [0.15, 0.2) is 53.0 Å². The van der Waals surface area contributed by atoms with Crippen molar-refractivity contribution in [3.8, 4) is 29.2 Å². The van der Waals surface area contributed by atoms with Gasteiger partial charge in [0.1, 0.15) is 12.4 Å². The van der Waals surface area contributed by atoms with Crippen LogP contribution in [0, 0.1) is 12.3 Å². The van der Waals surface area contributed by atoms with E-state index in [4.69, 9.17) is 11.2 Å². The molecule has 0 radical (unpaired) electrons. The van der Waals surface area contributed by atoms with Crippen molar-refractivity contribution in [1.82, 2.24) is 0 Å². The van der Waals surface area contributed by atoms with E-state index < -0.39 is 0 Å². The number of ether oxygens (including phenoxy) is 1. The zero-order valence-electron chi connectivity index (χ0n) is 9.19. The minimum Gasteiger partial charge on any atom is -0.480 e. The molecule has 0 atom stereocenters. The van der Waals surface area contributed by atoms with Crippen LogP contribution in [-0.2, 0) is 0 Å². The fraction of sp³-hybridized carbons (Fsp3) is 0.0667. The van der Waals surface area contributed by atoms with Gasteiger partial charge in [0.15, 0.2) is 0 Å². The van der Waals surface area contributed by atoms with Crippen molar-refractivity contribution in [2.45, 2.75) is 0 Å². The Hall–Kier alpha value is -1.72. The summed E-state index contributed by atoms with van der Waals surface area (Å²) in [5, 5.41) is 0. The smallest absolute Gasteiger partial charge is 0.148 e. The molecule has 2 aromatic carbocycles. The van der Waals surface area contributed by atoms with E-state index in [2.05, 4.69) is 34.0 Å². The van der Waals surface area contributed by atoms with Crippen molar-refractivity contribution in [3.05, 3.63) is 53.0 Å². The summed E-state index contributed by atoms with van der Waals surface area (Å²) in [6, 6.07) is 16.2. The van der Waals surface area contributed by atoms with Crippen molar-refractivity contribution >= 4 is 15.9 Å². The predicted octanol–water partition coefficient (Wildman–Crippen LogP) is 4.13. The summed E-state index contributed by atoms with van der Waals surface area (Å²) >= 11 is 3.48. The Kier molecular flexibility index (Phi) is 3.85. The standard InChI is InChI=1S/C15H11BrO/c1-2-10-17-15-9-8-13(11-14(15)16)12-6-4-3-5-7-12/h1,3-9,11H,10H2. The van der Waals surface area contributed by atoms with Crippen molar-refractivity contribution < 1.29 is 4.74 Å². The Bertz CT molecular complexity index is 541. The third-order valence-electron chi connectivity index (χ3n) is 2.35. The van der Waals surface area contributed by atoms with E-state index in [9.17, 15) is 0 Å². The molecule has 1 nitrogen and oxygen atoms in total. The monoisotopic (exact) mass is 286 g/mol. The molecule has 0 unspecified atom stereocenters. The first-order valence-electron chi connectivity index (χ1n) is 5.22. The summed E-state index contributed by atoms with van der Waals surface area (Å²) in [7, 11) is 0. The van der Waals surface area contributed by atoms with E-state index >= 15 is 0 Å². The highest BCUT2D eigenvalue weighted by atomic mass is 79.9. The molecule has 0 aromatic heterocycles. The first-order chi connectivity index (χ1) is 8.31. The summed E-state index contributed by atoms with van der Waals surface area (Å²) in [4.78, 5) is 0. The first kappa shape index (κ1) is 11.8. The van der Waals surface area contributed by atoms with Crippen LogP contribution in [0.3, 0.4) is 0 Å².